The first kappa shape index (κ1) is 18.5. The molecule has 8 heteroatoms. The number of benzene rings is 2. The van der Waals surface area contributed by atoms with Crippen LogP contribution in [0.25, 0.3) is 0 Å². The van der Waals surface area contributed by atoms with Gasteiger partial charge in [-0.05, 0) is 57.3 Å². The first-order valence-electron chi connectivity index (χ1n) is 6.73. The van der Waals surface area contributed by atoms with E-state index in [4.69, 9.17) is 0 Å². The van der Waals surface area contributed by atoms with Crippen LogP contribution < -0.4 is 10.9 Å². The number of carbonyl (C=O) groups excluding carboxylic acids is 2. The summed E-state index contributed by atoms with van der Waals surface area (Å²) in [5.74, 6) is -1.78. The Kier molecular flexibility index (Phi) is 7.31. The summed E-state index contributed by atoms with van der Waals surface area (Å²) < 4.78 is 1.97. The molecule has 2 aromatic carbocycles. The van der Waals surface area contributed by atoms with E-state index in [9.17, 15) is 9.59 Å². The van der Waals surface area contributed by atoms with Crippen LogP contribution in [0.2, 0.25) is 0 Å². The van der Waals surface area contributed by atoms with Crippen molar-refractivity contribution < 1.29 is 9.59 Å². The number of rotatable bonds is 4. The third-order valence-corrected chi connectivity index (χ3v) is 4.72. The van der Waals surface area contributed by atoms with Crippen LogP contribution in [0.1, 0.15) is 11.1 Å². The van der Waals surface area contributed by atoms with Gasteiger partial charge in [-0.15, -0.1) is 0 Å². The Morgan fingerprint density at radius 2 is 1.12 bits per heavy atom. The van der Waals surface area contributed by atoms with Gasteiger partial charge >= 0.3 is 11.8 Å². The van der Waals surface area contributed by atoms with Crippen LogP contribution in [0.15, 0.2) is 58.7 Å². The Morgan fingerprint density at radius 1 is 0.750 bits per heavy atom. The van der Waals surface area contributed by atoms with E-state index in [2.05, 4.69) is 66.2 Å². The van der Waals surface area contributed by atoms with E-state index in [0.717, 1.165) is 18.3 Å². The lowest BCUT2D eigenvalue weighted by Gasteiger charge is -2.00. The zero-order valence-corrected chi connectivity index (χ0v) is 16.6. The molecule has 0 aliphatic rings. The van der Waals surface area contributed by atoms with Crippen molar-refractivity contribution in [3.05, 3.63) is 66.8 Å². The normalized spacial score (nSPS) is 10.9. The smallest absolute Gasteiger partial charge is 0.262 e. The highest BCUT2D eigenvalue weighted by atomic mass is 127. The van der Waals surface area contributed by atoms with Crippen molar-refractivity contribution in [3.8, 4) is 0 Å². The van der Waals surface area contributed by atoms with E-state index in [0.29, 0.717) is 0 Å². The minimum absolute atomic E-state index is 0.843. The molecule has 0 aliphatic heterocycles. The van der Waals surface area contributed by atoms with Crippen LogP contribution >= 0.6 is 45.2 Å². The molecule has 0 saturated carbocycles. The van der Waals surface area contributed by atoms with Crippen molar-refractivity contribution in [1.29, 1.82) is 0 Å². The lowest BCUT2D eigenvalue weighted by molar-refractivity contribution is -0.139. The minimum Gasteiger partial charge on any atom is -0.262 e. The maximum Gasteiger partial charge on any atom is 0.331 e. The third-order valence-electron chi connectivity index (χ3n) is 2.76. The number of carbonyl (C=O) groups is 2. The lowest BCUT2D eigenvalue weighted by Crippen LogP contribution is -2.35. The molecule has 122 valence electrons. The summed E-state index contributed by atoms with van der Waals surface area (Å²) in [5, 5.41) is 7.52. The molecular weight excluding hydrogens is 534 g/mol. The summed E-state index contributed by atoms with van der Waals surface area (Å²) >= 11 is 4.31. The van der Waals surface area contributed by atoms with Crippen molar-refractivity contribution >= 4 is 69.4 Å². The molecule has 2 N–H and O–H groups in total. The van der Waals surface area contributed by atoms with Gasteiger partial charge in [0.25, 0.3) is 0 Å². The first-order chi connectivity index (χ1) is 11.6. The molecular formula is C16H12I2N4O2. The van der Waals surface area contributed by atoms with Gasteiger partial charge in [0.15, 0.2) is 0 Å². The number of halogens is 2. The average molecular weight is 546 g/mol. The molecule has 0 aromatic heterocycles. The molecule has 0 aliphatic carbocycles. The number of hydrazone groups is 2. The van der Waals surface area contributed by atoms with E-state index >= 15 is 0 Å². The predicted octanol–water partition coefficient (Wildman–Crippen LogP) is 2.50. The number of amides is 2. The van der Waals surface area contributed by atoms with Gasteiger partial charge in [-0.2, -0.15) is 10.2 Å². The van der Waals surface area contributed by atoms with Gasteiger partial charge in [-0.25, -0.2) is 10.9 Å². The van der Waals surface area contributed by atoms with Crippen LogP contribution in [0.4, 0.5) is 0 Å². The molecule has 0 heterocycles. The standard InChI is InChI=1S/C16H12I2N4O2/c17-13-7-3-1-5-11(13)9-19-21-15(23)16(24)22-20-10-12-6-2-4-8-14(12)18/h1-10H,(H,21,23)(H,22,24)/b19-9+,20-10+. The molecule has 0 atom stereocenters. The Hall–Kier alpha value is -1.82. The molecule has 24 heavy (non-hydrogen) atoms. The first-order valence-corrected chi connectivity index (χ1v) is 8.89. The van der Waals surface area contributed by atoms with Crippen molar-refractivity contribution in [1.82, 2.24) is 10.9 Å². The van der Waals surface area contributed by atoms with E-state index in [1.807, 2.05) is 48.5 Å². The van der Waals surface area contributed by atoms with E-state index in [1.54, 1.807) is 0 Å². The fraction of sp³-hybridized carbons (Fsp3) is 0. The van der Waals surface area contributed by atoms with E-state index in [1.165, 1.54) is 12.4 Å². The highest BCUT2D eigenvalue weighted by molar-refractivity contribution is 14.1. The number of nitrogens with zero attached hydrogens (tertiary/aromatic N) is 2. The second-order valence-electron chi connectivity index (χ2n) is 4.44. The van der Waals surface area contributed by atoms with Crippen LogP contribution in [0.5, 0.6) is 0 Å². The molecule has 0 bridgehead atoms. The van der Waals surface area contributed by atoms with Gasteiger partial charge < -0.3 is 0 Å². The summed E-state index contributed by atoms with van der Waals surface area (Å²) in [5.41, 5.74) is 6.00. The predicted molar refractivity (Wildman–Crippen MR) is 110 cm³/mol. The number of hydrogen-bond donors (Lipinski definition) is 2. The third kappa shape index (κ3) is 5.67. The minimum atomic E-state index is -0.892. The van der Waals surface area contributed by atoms with Gasteiger partial charge in [-0.1, -0.05) is 36.4 Å². The van der Waals surface area contributed by atoms with Gasteiger partial charge in [0.2, 0.25) is 0 Å². The molecule has 0 unspecified atom stereocenters. The average Bonchev–Trinajstić information content (AvgIpc) is 2.58. The monoisotopic (exact) mass is 546 g/mol. The molecule has 0 fully saturated rings. The SMILES string of the molecule is O=C(N/N=C/c1ccccc1I)C(=O)N/N=C/c1ccccc1I. The largest absolute Gasteiger partial charge is 0.331 e. The Morgan fingerprint density at radius 3 is 1.50 bits per heavy atom. The van der Waals surface area contributed by atoms with Crippen molar-refractivity contribution in [3.63, 3.8) is 0 Å². The van der Waals surface area contributed by atoms with E-state index in [-0.39, 0.29) is 0 Å². The highest BCUT2D eigenvalue weighted by Gasteiger charge is 2.11. The summed E-state index contributed by atoms with van der Waals surface area (Å²) in [6.45, 7) is 0. The van der Waals surface area contributed by atoms with Gasteiger partial charge in [0.05, 0.1) is 12.4 Å². The topological polar surface area (TPSA) is 82.9 Å². The van der Waals surface area contributed by atoms with Gasteiger partial charge in [0, 0.05) is 18.3 Å². The Bertz CT molecular complexity index is 739. The van der Waals surface area contributed by atoms with Gasteiger partial charge in [-0.3, -0.25) is 9.59 Å². The van der Waals surface area contributed by atoms with Crippen molar-refractivity contribution in [2.75, 3.05) is 0 Å². The van der Waals surface area contributed by atoms with Crippen LogP contribution in [0, 0.1) is 7.14 Å². The summed E-state index contributed by atoms with van der Waals surface area (Å²) in [4.78, 5) is 23.2. The molecule has 2 amide bonds. The lowest BCUT2D eigenvalue weighted by atomic mass is 10.2. The zero-order valence-electron chi connectivity index (χ0n) is 12.2. The van der Waals surface area contributed by atoms with Crippen LogP contribution in [-0.2, 0) is 9.59 Å². The summed E-state index contributed by atoms with van der Waals surface area (Å²) in [6, 6.07) is 15.0. The zero-order chi connectivity index (χ0) is 17.4. The van der Waals surface area contributed by atoms with Crippen molar-refractivity contribution in [2.45, 2.75) is 0 Å². The van der Waals surface area contributed by atoms with E-state index < -0.39 is 11.8 Å². The highest BCUT2D eigenvalue weighted by Crippen LogP contribution is 2.09. The molecule has 0 spiro atoms. The molecule has 6 nitrogen and oxygen atoms in total. The Labute approximate surface area is 166 Å². The summed E-state index contributed by atoms with van der Waals surface area (Å²) in [6.07, 6.45) is 2.95. The maximum absolute atomic E-state index is 11.6. The fourth-order valence-corrected chi connectivity index (χ4v) is 2.64. The molecule has 0 radical (unpaired) electrons. The van der Waals surface area contributed by atoms with Crippen LogP contribution in [0.3, 0.4) is 0 Å². The molecule has 2 aromatic rings. The van der Waals surface area contributed by atoms with Gasteiger partial charge in [0.1, 0.15) is 0 Å². The maximum atomic E-state index is 11.6. The summed E-state index contributed by atoms with van der Waals surface area (Å²) in [7, 11) is 0. The molecule has 0 saturated heterocycles. The quantitative estimate of drug-likeness (QED) is 0.268. The fourth-order valence-electron chi connectivity index (χ4n) is 1.58. The van der Waals surface area contributed by atoms with Crippen molar-refractivity contribution in [2.24, 2.45) is 10.2 Å². The number of nitrogens with one attached hydrogen (secondary N) is 2. The second kappa shape index (κ2) is 9.47. The molecule has 2 rings (SSSR count). The Balaban J connectivity index is 1.85. The van der Waals surface area contributed by atoms with Crippen LogP contribution in [-0.4, -0.2) is 24.2 Å². The number of hydrogen-bond acceptors (Lipinski definition) is 4. The second-order valence-corrected chi connectivity index (χ2v) is 6.77.